The van der Waals surface area contributed by atoms with E-state index >= 15 is 0 Å². The summed E-state index contributed by atoms with van der Waals surface area (Å²) in [5.74, 6) is -0.917. The monoisotopic (exact) mass is 402 g/mol. The van der Waals surface area contributed by atoms with Crippen molar-refractivity contribution in [1.29, 1.82) is 0 Å². The van der Waals surface area contributed by atoms with Crippen molar-refractivity contribution >= 4 is 28.8 Å². The first kappa shape index (κ1) is 20.1. The molecule has 0 radical (unpaired) electrons. The Labute approximate surface area is 166 Å². The van der Waals surface area contributed by atoms with Gasteiger partial charge in [-0.05, 0) is 35.7 Å². The van der Waals surface area contributed by atoms with Crippen molar-refractivity contribution in [1.82, 2.24) is 10.2 Å². The van der Waals surface area contributed by atoms with Crippen LogP contribution in [-0.4, -0.2) is 60.2 Å². The van der Waals surface area contributed by atoms with Gasteiger partial charge < -0.3 is 25.2 Å². The molecule has 8 heteroatoms. The van der Waals surface area contributed by atoms with Crippen LogP contribution in [0, 0.1) is 0 Å². The molecule has 0 aliphatic carbocycles. The number of aliphatic hydroxyl groups is 2. The zero-order valence-corrected chi connectivity index (χ0v) is 16.2. The molecule has 3 N–H and O–H groups in total. The van der Waals surface area contributed by atoms with Crippen molar-refractivity contribution < 1.29 is 24.5 Å². The molecule has 1 amide bonds. The number of nitrogens with zero attached hydrogens (tertiary/aromatic N) is 1. The Morgan fingerprint density at radius 1 is 1.21 bits per heavy atom. The fourth-order valence-corrected chi connectivity index (χ4v) is 4.01. The third-order valence-corrected chi connectivity index (χ3v) is 5.46. The first-order valence-corrected chi connectivity index (χ1v) is 9.74. The molecule has 1 fully saturated rings. The van der Waals surface area contributed by atoms with Crippen LogP contribution in [-0.2, 0) is 9.59 Å². The number of likely N-dealkylation sites (tertiary alicyclic amines) is 1. The summed E-state index contributed by atoms with van der Waals surface area (Å²) in [6.45, 7) is 1.11. The summed E-state index contributed by atoms with van der Waals surface area (Å²) in [4.78, 5) is 27.7. The fourth-order valence-electron chi connectivity index (χ4n) is 3.16. The zero-order valence-electron chi connectivity index (χ0n) is 15.4. The molecule has 1 aliphatic rings. The van der Waals surface area contributed by atoms with E-state index in [-0.39, 0.29) is 24.5 Å². The maximum absolute atomic E-state index is 12.8. The van der Waals surface area contributed by atoms with Crippen molar-refractivity contribution in [2.75, 3.05) is 33.4 Å². The summed E-state index contributed by atoms with van der Waals surface area (Å²) < 4.78 is 5.12. The number of hydrogen-bond donors (Lipinski definition) is 3. The summed E-state index contributed by atoms with van der Waals surface area (Å²) in [5.41, 5.74) is 0.526. The summed E-state index contributed by atoms with van der Waals surface area (Å²) in [5, 5.41) is 24.6. The number of nitrogens with one attached hydrogen (secondary N) is 1. The molecule has 28 heavy (non-hydrogen) atoms. The lowest BCUT2D eigenvalue weighted by Crippen LogP contribution is -2.36. The Kier molecular flexibility index (Phi) is 6.45. The predicted octanol–water partition coefficient (Wildman–Crippen LogP) is 1.76. The average Bonchev–Trinajstić information content (AvgIpc) is 3.33. The van der Waals surface area contributed by atoms with Gasteiger partial charge in [-0.2, -0.15) is 0 Å². The molecule has 0 bridgehead atoms. The minimum Gasteiger partial charge on any atom is -0.507 e. The Balaban J connectivity index is 1.99. The zero-order chi connectivity index (χ0) is 20.1. The van der Waals surface area contributed by atoms with E-state index in [1.807, 2.05) is 17.5 Å². The minimum absolute atomic E-state index is 0.00928. The molecular weight excluding hydrogens is 380 g/mol. The molecule has 2 aromatic rings. The van der Waals surface area contributed by atoms with Crippen LogP contribution in [0.4, 0.5) is 0 Å². The first-order valence-electron chi connectivity index (χ1n) is 8.86. The first-order chi connectivity index (χ1) is 13.6. The number of thiophene rings is 1. The second-order valence-corrected chi connectivity index (χ2v) is 7.19. The van der Waals surface area contributed by atoms with Gasteiger partial charge in [-0.15, -0.1) is 11.3 Å². The van der Waals surface area contributed by atoms with E-state index in [4.69, 9.17) is 9.84 Å². The van der Waals surface area contributed by atoms with Gasteiger partial charge in [0.1, 0.15) is 11.5 Å². The maximum Gasteiger partial charge on any atom is 0.295 e. The quantitative estimate of drug-likeness (QED) is 0.269. The van der Waals surface area contributed by atoms with Gasteiger partial charge in [0.15, 0.2) is 0 Å². The molecule has 148 valence electrons. The lowest BCUT2D eigenvalue weighted by atomic mass is 10.00. The predicted molar refractivity (Wildman–Crippen MR) is 106 cm³/mol. The molecule has 0 spiro atoms. The SMILES string of the molecule is COc1ccc(C(O)=C2C(=O)C(=O)N(CCNCCO)C2c2cccs2)cc1. The number of amides is 1. The summed E-state index contributed by atoms with van der Waals surface area (Å²) in [6.07, 6.45) is 0. The number of ketones is 1. The van der Waals surface area contributed by atoms with E-state index in [0.717, 1.165) is 4.88 Å². The topological polar surface area (TPSA) is 99.1 Å². The third kappa shape index (κ3) is 3.94. The molecule has 7 nitrogen and oxygen atoms in total. The van der Waals surface area contributed by atoms with E-state index in [1.165, 1.54) is 16.2 Å². The molecule has 2 heterocycles. The van der Waals surface area contributed by atoms with Gasteiger partial charge in [-0.1, -0.05) is 6.07 Å². The lowest BCUT2D eigenvalue weighted by Gasteiger charge is -2.24. The van der Waals surface area contributed by atoms with Crippen LogP contribution in [0.15, 0.2) is 47.4 Å². The summed E-state index contributed by atoms with van der Waals surface area (Å²) in [7, 11) is 1.54. The average molecular weight is 402 g/mol. The van der Waals surface area contributed by atoms with Gasteiger partial charge >= 0.3 is 0 Å². The smallest absolute Gasteiger partial charge is 0.295 e. The van der Waals surface area contributed by atoms with Crippen molar-refractivity contribution in [3.8, 4) is 5.75 Å². The van der Waals surface area contributed by atoms with Gasteiger partial charge in [0.2, 0.25) is 0 Å². The van der Waals surface area contributed by atoms with E-state index in [9.17, 15) is 14.7 Å². The number of ether oxygens (including phenoxy) is 1. The van der Waals surface area contributed by atoms with Gasteiger partial charge in [0, 0.05) is 30.1 Å². The van der Waals surface area contributed by atoms with Crippen LogP contribution in [0.5, 0.6) is 5.75 Å². The minimum atomic E-state index is -0.700. The maximum atomic E-state index is 12.8. The second-order valence-electron chi connectivity index (χ2n) is 6.21. The lowest BCUT2D eigenvalue weighted by molar-refractivity contribution is -0.139. The molecule has 1 aromatic heterocycles. The number of rotatable bonds is 8. The van der Waals surface area contributed by atoms with Crippen LogP contribution in [0.1, 0.15) is 16.5 Å². The Morgan fingerprint density at radius 3 is 2.57 bits per heavy atom. The van der Waals surface area contributed by atoms with Gasteiger partial charge in [-0.25, -0.2) is 0 Å². The van der Waals surface area contributed by atoms with Crippen molar-refractivity contribution in [3.63, 3.8) is 0 Å². The van der Waals surface area contributed by atoms with Crippen molar-refractivity contribution in [2.45, 2.75) is 6.04 Å². The Bertz CT molecular complexity index is 861. The highest BCUT2D eigenvalue weighted by Gasteiger charge is 2.46. The van der Waals surface area contributed by atoms with E-state index < -0.39 is 17.7 Å². The Hall–Kier alpha value is -2.68. The second kappa shape index (κ2) is 9.01. The van der Waals surface area contributed by atoms with Crippen LogP contribution in [0.3, 0.4) is 0 Å². The van der Waals surface area contributed by atoms with Gasteiger partial charge in [0.25, 0.3) is 11.7 Å². The van der Waals surface area contributed by atoms with Gasteiger partial charge in [-0.3, -0.25) is 9.59 Å². The van der Waals surface area contributed by atoms with Crippen LogP contribution in [0.2, 0.25) is 0 Å². The van der Waals surface area contributed by atoms with E-state index in [2.05, 4.69) is 5.32 Å². The van der Waals surface area contributed by atoms with E-state index in [0.29, 0.717) is 24.4 Å². The van der Waals surface area contributed by atoms with Crippen LogP contribution >= 0.6 is 11.3 Å². The summed E-state index contributed by atoms with van der Waals surface area (Å²) in [6, 6.07) is 9.71. The molecule has 1 saturated heterocycles. The summed E-state index contributed by atoms with van der Waals surface area (Å²) >= 11 is 1.42. The molecule has 1 unspecified atom stereocenters. The highest BCUT2D eigenvalue weighted by molar-refractivity contribution is 7.10. The number of aliphatic hydroxyl groups excluding tert-OH is 2. The number of Topliss-reactive ketones (excluding diaryl/α,β-unsaturated/α-hetero) is 1. The van der Waals surface area contributed by atoms with Gasteiger partial charge in [0.05, 0.1) is 25.3 Å². The molecule has 1 aliphatic heterocycles. The molecule has 3 rings (SSSR count). The van der Waals surface area contributed by atoms with Crippen molar-refractivity contribution in [3.05, 3.63) is 57.8 Å². The van der Waals surface area contributed by atoms with E-state index in [1.54, 1.807) is 31.4 Å². The van der Waals surface area contributed by atoms with Crippen molar-refractivity contribution in [2.24, 2.45) is 0 Å². The highest BCUT2D eigenvalue weighted by Crippen LogP contribution is 2.40. The fraction of sp³-hybridized carbons (Fsp3) is 0.300. The highest BCUT2D eigenvalue weighted by atomic mass is 32.1. The standard InChI is InChI=1S/C20H22N2O5S/c1-27-14-6-4-13(5-7-14)18(24)16-17(15-3-2-12-28-15)22(20(26)19(16)25)10-8-21-9-11-23/h2-7,12,17,21,23-24H,8-11H2,1H3. The number of carbonyl (C=O) groups is 2. The Morgan fingerprint density at radius 2 is 1.96 bits per heavy atom. The molecular formula is C20H22N2O5S. The number of benzene rings is 1. The molecule has 1 atom stereocenters. The molecule has 1 aromatic carbocycles. The number of methoxy groups -OCH3 is 1. The molecule has 0 saturated carbocycles. The normalized spacial score (nSPS) is 18.6. The third-order valence-electron chi connectivity index (χ3n) is 4.53. The number of hydrogen-bond acceptors (Lipinski definition) is 7. The largest absolute Gasteiger partial charge is 0.507 e. The number of carbonyl (C=O) groups excluding carboxylic acids is 2. The van der Waals surface area contributed by atoms with Crippen LogP contribution in [0.25, 0.3) is 5.76 Å². The van der Waals surface area contributed by atoms with Crippen LogP contribution < -0.4 is 10.1 Å².